The minimum Gasteiger partial charge on any atom is -0.380 e. The third kappa shape index (κ3) is 2.80. The lowest BCUT2D eigenvalue weighted by atomic mass is 10.1. The first-order valence-electron chi connectivity index (χ1n) is 3.82. The molecule has 1 atom stereocenters. The lowest BCUT2D eigenvalue weighted by Gasteiger charge is -2.08. The summed E-state index contributed by atoms with van der Waals surface area (Å²) in [6, 6.07) is 3.17. The van der Waals surface area contributed by atoms with Gasteiger partial charge in [-0.25, -0.2) is 0 Å². The van der Waals surface area contributed by atoms with Crippen LogP contribution in [0.15, 0.2) is 12.1 Å². The van der Waals surface area contributed by atoms with Gasteiger partial charge >= 0.3 is 0 Å². The summed E-state index contributed by atoms with van der Waals surface area (Å²) >= 11 is 17.5. The predicted octanol–water partition coefficient (Wildman–Crippen LogP) is 3.18. The second-order valence-corrected chi connectivity index (χ2v) is 3.97. The number of rotatable bonds is 2. The van der Waals surface area contributed by atoms with Crippen molar-refractivity contribution in [3.63, 3.8) is 0 Å². The number of halogens is 3. The highest BCUT2D eigenvalue weighted by molar-refractivity contribution is 6.43. The fourth-order valence-electron chi connectivity index (χ4n) is 1.03. The third-order valence-corrected chi connectivity index (χ3v) is 2.73. The smallest absolute Gasteiger partial charge is 0.118 e. The number of hydrogen-bond donors (Lipinski definition) is 1. The van der Waals surface area contributed by atoms with Gasteiger partial charge in [0.05, 0.1) is 10.0 Å². The SMILES string of the molecule is C#CC(O)Cc1cc(Cl)cc(Cl)c1Cl. The van der Waals surface area contributed by atoms with Crippen LogP contribution in [0.1, 0.15) is 5.56 Å². The molecule has 0 aromatic heterocycles. The molecule has 74 valence electrons. The zero-order valence-electron chi connectivity index (χ0n) is 7.10. The highest BCUT2D eigenvalue weighted by atomic mass is 35.5. The Balaban J connectivity index is 3.03. The third-order valence-electron chi connectivity index (χ3n) is 1.67. The fourth-order valence-corrected chi connectivity index (χ4v) is 1.75. The van der Waals surface area contributed by atoms with Crippen molar-refractivity contribution in [1.82, 2.24) is 0 Å². The van der Waals surface area contributed by atoms with Gasteiger partial charge in [0.15, 0.2) is 0 Å². The van der Waals surface area contributed by atoms with Crippen LogP contribution in [0.4, 0.5) is 0 Å². The number of hydrogen-bond acceptors (Lipinski definition) is 1. The highest BCUT2D eigenvalue weighted by Gasteiger charge is 2.10. The molecular formula is C10H7Cl3O. The van der Waals surface area contributed by atoms with Crippen LogP contribution in [-0.2, 0) is 6.42 Å². The molecule has 0 amide bonds. The Hall–Kier alpha value is -0.390. The second-order valence-electron chi connectivity index (χ2n) is 2.75. The van der Waals surface area contributed by atoms with Gasteiger partial charge in [-0.1, -0.05) is 40.7 Å². The van der Waals surface area contributed by atoms with Gasteiger partial charge in [-0.15, -0.1) is 6.42 Å². The van der Waals surface area contributed by atoms with Crippen LogP contribution in [0, 0.1) is 12.3 Å². The van der Waals surface area contributed by atoms with Crippen LogP contribution in [-0.4, -0.2) is 11.2 Å². The Bertz CT molecular complexity index is 382. The van der Waals surface area contributed by atoms with Crippen LogP contribution in [0.2, 0.25) is 15.1 Å². The van der Waals surface area contributed by atoms with Gasteiger partial charge in [0, 0.05) is 11.4 Å². The van der Waals surface area contributed by atoms with E-state index in [0.29, 0.717) is 20.6 Å². The molecule has 0 saturated carbocycles. The number of aliphatic hydroxyl groups excluding tert-OH is 1. The molecule has 0 saturated heterocycles. The van der Waals surface area contributed by atoms with Crippen molar-refractivity contribution < 1.29 is 5.11 Å². The van der Waals surface area contributed by atoms with Gasteiger partial charge < -0.3 is 5.11 Å². The van der Waals surface area contributed by atoms with E-state index in [1.54, 1.807) is 6.07 Å². The van der Waals surface area contributed by atoms with E-state index in [-0.39, 0.29) is 6.42 Å². The summed E-state index contributed by atoms with van der Waals surface area (Å²) in [5.41, 5.74) is 0.648. The van der Waals surface area contributed by atoms with E-state index >= 15 is 0 Å². The molecule has 1 aromatic carbocycles. The van der Waals surface area contributed by atoms with E-state index in [1.807, 2.05) is 0 Å². The second kappa shape index (κ2) is 4.91. The lowest BCUT2D eigenvalue weighted by molar-refractivity contribution is 0.233. The van der Waals surface area contributed by atoms with Gasteiger partial charge in [0.25, 0.3) is 0 Å². The minimum absolute atomic E-state index is 0.246. The van der Waals surface area contributed by atoms with Crippen molar-refractivity contribution >= 4 is 34.8 Å². The van der Waals surface area contributed by atoms with Crippen LogP contribution < -0.4 is 0 Å². The summed E-state index contributed by atoms with van der Waals surface area (Å²) in [5.74, 6) is 2.19. The molecule has 14 heavy (non-hydrogen) atoms. The molecule has 1 N–H and O–H groups in total. The van der Waals surface area contributed by atoms with Crippen molar-refractivity contribution in [3.05, 3.63) is 32.8 Å². The van der Waals surface area contributed by atoms with Gasteiger partial charge in [-0.2, -0.15) is 0 Å². The molecule has 0 aliphatic heterocycles. The van der Waals surface area contributed by atoms with Crippen molar-refractivity contribution in [2.45, 2.75) is 12.5 Å². The zero-order chi connectivity index (χ0) is 10.7. The van der Waals surface area contributed by atoms with E-state index in [2.05, 4.69) is 5.92 Å². The molecular weight excluding hydrogens is 242 g/mol. The maximum atomic E-state index is 9.24. The summed E-state index contributed by atoms with van der Waals surface area (Å²) in [5, 5.41) is 10.4. The van der Waals surface area contributed by atoms with Crippen LogP contribution in [0.3, 0.4) is 0 Å². The van der Waals surface area contributed by atoms with E-state index in [4.69, 9.17) is 41.2 Å². The molecule has 1 nitrogen and oxygen atoms in total. The Labute approximate surface area is 97.6 Å². The highest BCUT2D eigenvalue weighted by Crippen LogP contribution is 2.30. The Morgan fingerprint density at radius 1 is 1.36 bits per heavy atom. The topological polar surface area (TPSA) is 20.2 Å². The molecule has 0 heterocycles. The van der Waals surface area contributed by atoms with Crippen molar-refractivity contribution in [3.8, 4) is 12.3 Å². The summed E-state index contributed by atoms with van der Waals surface area (Å²) in [6.07, 6.45) is 4.41. The first-order valence-corrected chi connectivity index (χ1v) is 4.95. The van der Waals surface area contributed by atoms with E-state index in [0.717, 1.165) is 0 Å². The van der Waals surface area contributed by atoms with E-state index < -0.39 is 6.10 Å². The van der Waals surface area contributed by atoms with E-state index in [1.165, 1.54) is 6.07 Å². The largest absolute Gasteiger partial charge is 0.380 e. The molecule has 4 heteroatoms. The van der Waals surface area contributed by atoms with Crippen molar-refractivity contribution in [2.24, 2.45) is 0 Å². The number of aliphatic hydroxyl groups is 1. The molecule has 0 aliphatic carbocycles. The van der Waals surface area contributed by atoms with Crippen LogP contribution in [0.5, 0.6) is 0 Å². The summed E-state index contributed by atoms with van der Waals surface area (Å²) in [4.78, 5) is 0. The predicted molar refractivity (Wildman–Crippen MR) is 60.0 cm³/mol. The number of benzene rings is 1. The van der Waals surface area contributed by atoms with Gasteiger partial charge in [-0.05, 0) is 17.7 Å². The summed E-state index contributed by atoms with van der Waals surface area (Å²) < 4.78 is 0. The quantitative estimate of drug-likeness (QED) is 0.630. The van der Waals surface area contributed by atoms with Gasteiger partial charge in [0.1, 0.15) is 6.10 Å². The molecule has 0 radical (unpaired) electrons. The Kier molecular flexibility index (Phi) is 4.10. The summed E-state index contributed by atoms with van der Waals surface area (Å²) in [6.45, 7) is 0. The van der Waals surface area contributed by atoms with Gasteiger partial charge in [0.2, 0.25) is 0 Å². The molecule has 0 spiro atoms. The molecule has 1 rings (SSSR count). The minimum atomic E-state index is -0.873. The Morgan fingerprint density at radius 3 is 2.57 bits per heavy atom. The lowest BCUT2D eigenvalue weighted by Crippen LogP contribution is -2.07. The first kappa shape index (κ1) is 11.7. The maximum absolute atomic E-state index is 9.24. The monoisotopic (exact) mass is 248 g/mol. The van der Waals surface area contributed by atoms with Gasteiger partial charge in [-0.3, -0.25) is 0 Å². The molecule has 0 aliphatic rings. The fraction of sp³-hybridized carbons (Fsp3) is 0.200. The maximum Gasteiger partial charge on any atom is 0.118 e. The standard InChI is InChI=1S/C10H7Cl3O/c1-2-8(14)4-6-3-7(11)5-9(12)10(6)13/h1,3,5,8,14H,4H2. The molecule has 0 fully saturated rings. The molecule has 0 bridgehead atoms. The van der Waals surface area contributed by atoms with Crippen molar-refractivity contribution in [2.75, 3.05) is 0 Å². The molecule has 1 aromatic rings. The summed E-state index contributed by atoms with van der Waals surface area (Å²) in [7, 11) is 0. The van der Waals surface area contributed by atoms with Crippen molar-refractivity contribution in [1.29, 1.82) is 0 Å². The zero-order valence-corrected chi connectivity index (χ0v) is 9.37. The average molecular weight is 250 g/mol. The van der Waals surface area contributed by atoms with E-state index in [9.17, 15) is 5.11 Å². The average Bonchev–Trinajstić information content (AvgIpc) is 2.13. The normalized spacial score (nSPS) is 12.2. The molecule has 1 unspecified atom stereocenters. The van der Waals surface area contributed by atoms with Crippen LogP contribution in [0.25, 0.3) is 0 Å². The Morgan fingerprint density at radius 2 is 2.00 bits per heavy atom. The first-order chi connectivity index (χ1) is 6.54. The number of terminal acetylenes is 1. The van der Waals surface area contributed by atoms with Crippen LogP contribution >= 0.6 is 34.8 Å².